The molecule has 0 aliphatic heterocycles. The molecule has 0 saturated heterocycles. The average molecular weight is 124 g/mol. The van der Waals surface area contributed by atoms with Crippen molar-refractivity contribution in [1.82, 2.24) is 0 Å². The molecule has 2 N–H and O–H groups in total. The summed E-state index contributed by atoms with van der Waals surface area (Å²) in [6.45, 7) is 0. The molecule has 0 heterocycles. The maximum Gasteiger partial charge on any atom is 0.0656 e. The molecule has 1 rings (SSSR count). The minimum Gasteiger partial charge on any atom is -0.328 e. The Morgan fingerprint density at radius 1 is 1.44 bits per heavy atom. The van der Waals surface area contributed by atoms with E-state index in [1.807, 2.05) is 0 Å². The summed E-state index contributed by atoms with van der Waals surface area (Å²) >= 11 is 0. The highest BCUT2D eigenvalue weighted by molar-refractivity contribution is 4.88. The molecule has 0 amide bonds. The van der Waals surface area contributed by atoms with Gasteiger partial charge in [-0.05, 0) is 19.3 Å². The van der Waals surface area contributed by atoms with E-state index in [1.165, 1.54) is 0 Å². The van der Waals surface area contributed by atoms with Gasteiger partial charge in [0.2, 0.25) is 0 Å². The van der Waals surface area contributed by atoms with Crippen molar-refractivity contribution in [3.63, 3.8) is 0 Å². The summed E-state index contributed by atoms with van der Waals surface area (Å²) in [5, 5.41) is 8.50. The highest BCUT2D eigenvalue weighted by Crippen LogP contribution is 2.21. The lowest BCUT2D eigenvalue weighted by molar-refractivity contribution is 0.379. The molecule has 0 radical (unpaired) electrons. The van der Waals surface area contributed by atoms with E-state index in [4.69, 9.17) is 11.0 Å². The Kier molecular flexibility index (Phi) is 2.07. The van der Waals surface area contributed by atoms with Crippen LogP contribution in [-0.4, -0.2) is 6.04 Å². The molecule has 2 atom stereocenters. The van der Waals surface area contributed by atoms with Crippen molar-refractivity contribution in [2.24, 2.45) is 11.7 Å². The van der Waals surface area contributed by atoms with Gasteiger partial charge in [-0.3, -0.25) is 0 Å². The van der Waals surface area contributed by atoms with E-state index in [1.54, 1.807) is 0 Å². The molecule has 2 nitrogen and oxygen atoms in total. The summed E-state index contributed by atoms with van der Waals surface area (Å²) in [6, 6.07) is 2.55. The monoisotopic (exact) mass is 124 g/mol. The topological polar surface area (TPSA) is 49.8 Å². The zero-order valence-electron chi connectivity index (χ0n) is 5.51. The lowest BCUT2D eigenvalue weighted by Crippen LogP contribution is -2.26. The Balaban J connectivity index is 2.34. The molecule has 0 aromatic rings. The van der Waals surface area contributed by atoms with E-state index < -0.39 is 0 Å². The van der Waals surface area contributed by atoms with Crippen molar-refractivity contribution >= 4 is 0 Å². The summed E-state index contributed by atoms with van der Waals surface area (Å²) in [7, 11) is 0. The quantitative estimate of drug-likeness (QED) is 0.524. The summed E-state index contributed by atoms with van der Waals surface area (Å²) in [4.78, 5) is 0. The van der Waals surface area contributed by atoms with Crippen LogP contribution in [0.25, 0.3) is 0 Å². The Hall–Kier alpha value is -0.550. The maximum atomic E-state index is 8.50. The first-order chi connectivity index (χ1) is 4.33. The van der Waals surface area contributed by atoms with Gasteiger partial charge in [0.15, 0.2) is 0 Å². The minimum atomic E-state index is 0.244. The van der Waals surface area contributed by atoms with E-state index in [9.17, 15) is 0 Å². The van der Waals surface area contributed by atoms with E-state index in [0.29, 0.717) is 6.04 Å². The van der Waals surface area contributed by atoms with Gasteiger partial charge in [0.05, 0.1) is 6.07 Å². The van der Waals surface area contributed by atoms with Crippen LogP contribution in [0.3, 0.4) is 0 Å². The highest BCUT2D eigenvalue weighted by atomic mass is 14.6. The van der Waals surface area contributed by atoms with E-state index >= 15 is 0 Å². The number of rotatable bonds is 0. The van der Waals surface area contributed by atoms with Crippen LogP contribution < -0.4 is 5.73 Å². The van der Waals surface area contributed by atoms with Crippen molar-refractivity contribution in [2.75, 3.05) is 0 Å². The van der Waals surface area contributed by atoms with Gasteiger partial charge in [-0.2, -0.15) is 5.26 Å². The molecule has 1 saturated carbocycles. The zero-order valence-corrected chi connectivity index (χ0v) is 5.51. The third kappa shape index (κ3) is 1.69. The molecule has 1 fully saturated rings. The molecule has 2 heteroatoms. The van der Waals surface area contributed by atoms with Crippen LogP contribution in [0.2, 0.25) is 0 Å². The molecular weight excluding hydrogens is 112 g/mol. The predicted molar refractivity (Wildman–Crippen MR) is 35.5 cm³/mol. The van der Waals surface area contributed by atoms with Crippen molar-refractivity contribution in [1.29, 1.82) is 5.26 Å². The van der Waals surface area contributed by atoms with Crippen LogP contribution in [0.5, 0.6) is 0 Å². The first-order valence-corrected chi connectivity index (χ1v) is 3.48. The lowest BCUT2D eigenvalue weighted by Gasteiger charge is -2.20. The molecule has 1 aliphatic carbocycles. The minimum absolute atomic E-state index is 0.244. The summed E-state index contributed by atoms with van der Waals surface area (Å²) in [5.41, 5.74) is 5.65. The maximum absolute atomic E-state index is 8.50. The predicted octanol–water partition coefficient (Wildman–Crippen LogP) is 1.03. The molecule has 0 aromatic carbocycles. The fourth-order valence-corrected chi connectivity index (χ4v) is 1.34. The molecule has 0 aromatic heterocycles. The van der Waals surface area contributed by atoms with Gasteiger partial charge in [0, 0.05) is 12.0 Å². The number of nitrogens with zero attached hydrogens (tertiary/aromatic N) is 1. The third-order valence-electron chi connectivity index (χ3n) is 1.90. The highest BCUT2D eigenvalue weighted by Gasteiger charge is 2.17. The summed E-state index contributed by atoms with van der Waals surface area (Å²) in [5.74, 6) is 0.244. The third-order valence-corrected chi connectivity index (χ3v) is 1.90. The molecule has 1 aliphatic rings. The second-order valence-corrected chi connectivity index (χ2v) is 2.75. The molecule has 9 heavy (non-hydrogen) atoms. The average Bonchev–Trinajstić information content (AvgIpc) is 1.88. The van der Waals surface area contributed by atoms with Gasteiger partial charge in [0.1, 0.15) is 0 Å². The molecule has 0 spiro atoms. The molecule has 0 bridgehead atoms. The standard InChI is InChI=1S/C7H12N2/c8-5-6-2-1-3-7(9)4-6/h6-7H,1-4,9H2/t6-,7+/m1/s1. The van der Waals surface area contributed by atoms with Gasteiger partial charge < -0.3 is 5.73 Å². The van der Waals surface area contributed by atoms with Crippen LogP contribution in [0, 0.1) is 17.2 Å². The largest absolute Gasteiger partial charge is 0.328 e. The fourth-order valence-electron chi connectivity index (χ4n) is 1.34. The molecule has 50 valence electrons. The van der Waals surface area contributed by atoms with Crippen LogP contribution in [-0.2, 0) is 0 Å². The molecular formula is C7H12N2. The van der Waals surface area contributed by atoms with Crippen molar-refractivity contribution in [3.8, 4) is 6.07 Å². The van der Waals surface area contributed by atoms with Gasteiger partial charge in [-0.15, -0.1) is 0 Å². The number of nitrogens with two attached hydrogens (primary N) is 1. The van der Waals surface area contributed by atoms with Gasteiger partial charge in [-0.25, -0.2) is 0 Å². The number of hydrogen-bond acceptors (Lipinski definition) is 2. The fraction of sp³-hybridized carbons (Fsp3) is 0.857. The zero-order chi connectivity index (χ0) is 6.69. The number of nitriles is 1. The van der Waals surface area contributed by atoms with Crippen molar-refractivity contribution in [3.05, 3.63) is 0 Å². The van der Waals surface area contributed by atoms with Gasteiger partial charge >= 0.3 is 0 Å². The molecule has 0 unspecified atom stereocenters. The van der Waals surface area contributed by atoms with E-state index in [-0.39, 0.29) is 5.92 Å². The lowest BCUT2D eigenvalue weighted by atomic mass is 9.87. The SMILES string of the molecule is N#C[C@@H]1CCC[C@H](N)C1. The second-order valence-electron chi connectivity index (χ2n) is 2.75. The summed E-state index contributed by atoms with van der Waals surface area (Å²) < 4.78 is 0. The Bertz CT molecular complexity index is 125. The smallest absolute Gasteiger partial charge is 0.0656 e. The van der Waals surface area contributed by atoms with Crippen molar-refractivity contribution < 1.29 is 0 Å². The van der Waals surface area contributed by atoms with E-state index in [0.717, 1.165) is 25.7 Å². The Morgan fingerprint density at radius 2 is 2.22 bits per heavy atom. The number of hydrogen-bond donors (Lipinski definition) is 1. The van der Waals surface area contributed by atoms with Gasteiger partial charge in [-0.1, -0.05) is 6.42 Å². The van der Waals surface area contributed by atoms with Crippen molar-refractivity contribution in [2.45, 2.75) is 31.7 Å². The Morgan fingerprint density at radius 3 is 2.67 bits per heavy atom. The first kappa shape index (κ1) is 6.57. The van der Waals surface area contributed by atoms with Crippen LogP contribution in [0.15, 0.2) is 0 Å². The summed E-state index contributed by atoms with van der Waals surface area (Å²) in [6.07, 6.45) is 4.22. The second kappa shape index (κ2) is 2.84. The van der Waals surface area contributed by atoms with Crippen LogP contribution in [0.4, 0.5) is 0 Å². The Labute approximate surface area is 55.7 Å². The van der Waals surface area contributed by atoms with Gasteiger partial charge in [0.25, 0.3) is 0 Å². The normalized spacial score (nSPS) is 35.6. The van der Waals surface area contributed by atoms with Crippen LogP contribution >= 0.6 is 0 Å². The van der Waals surface area contributed by atoms with E-state index in [2.05, 4.69) is 6.07 Å². The first-order valence-electron chi connectivity index (χ1n) is 3.48. The van der Waals surface area contributed by atoms with Crippen LogP contribution in [0.1, 0.15) is 25.7 Å².